The van der Waals surface area contributed by atoms with Gasteiger partial charge in [-0.2, -0.15) is 0 Å². The smallest absolute Gasteiger partial charge is 0.173 e. The number of hydrogen-bond donors (Lipinski definition) is 0. The number of carbonyl (C=O) groups excluding carboxylic acids is 1. The number of halogens is 2. The second kappa shape index (κ2) is 5.97. The van der Waals surface area contributed by atoms with E-state index in [2.05, 4.69) is 0 Å². The molecule has 0 aliphatic heterocycles. The van der Waals surface area contributed by atoms with Crippen LogP contribution in [0.25, 0.3) is 0 Å². The number of hydrogen-bond acceptors (Lipinski definition) is 2. The highest BCUT2D eigenvalue weighted by molar-refractivity contribution is 8.00. The predicted molar refractivity (Wildman–Crippen MR) is 72.6 cm³/mol. The first kappa shape index (κ1) is 13.7. The minimum Gasteiger partial charge on any atom is -0.293 e. The van der Waals surface area contributed by atoms with Crippen molar-refractivity contribution in [3.05, 3.63) is 65.2 Å². The molecule has 0 saturated carbocycles. The largest absolute Gasteiger partial charge is 0.293 e. The fraction of sp³-hybridized carbons (Fsp3) is 0.133. The van der Waals surface area contributed by atoms with Crippen LogP contribution in [0.15, 0.2) is 47.4 Å². The minimum atomic E-state index is -0.732. The second-order valence-corrected chi connectivity index (χ2v) is 5.15. The van der Waals surface area contributed by atoms with Gasteiger partial charge in [0.05, 0.1) is 5.75 Å². The standard InChI is InChI=1S/C15H12F2OS/c1-10-4-2-3-5-15(10)19-9-14(18)11-6-12(16)8-13(17)7-11/h2-8H,9H2,1H3. The molecule has 0 aliphatic carbocycles. The minimum absolute atomic E-state index is 0.0681. The Labute approximate surface area is 114 Å². The summed E-state index contributed by atoms with van der Waals surface area (Å²) in [5, 5.41) is 0. The molecule has 0 saturated heterocycles. The summed E-state index contributed by atoms with van der Waals surface area (Å²) in [4.78, 5) is 12.9. The van der Waals surface area contributed by atoms with E-state index in [9.17, 15) is 13.6 Å². The van der Waals surface area contributed by atoms with E-state index < -0.39 is 11.6 Å². The molecule has 0 unspecified atom stereocenters. The van der Waals surface area contributed by atoms with E-state index in [-0.39, 0.29) is 17.1 Å². The first-order chi connectivity index (χ1) is 9.06. The van der Waals surface area contributed by atoms with Crippen molar-refractivity contribution in [3.63, 3.8) is 0 Å². The fourth-order valence-corrected chi connectivity index (χ4v) is 2.58. The summed E-state index contributed by atoms with van der Waals surface area (Å²) in [6.45, 7) is 1.95. The molecule has 0 N–H and O–H groups in total. The SMILES string of the molecule is Cc1ccccc1SCC(=O)c1cc(F)cc(F)c1. The summed E-state index contributed by atoms with van der Waals surface area (Å²) in [6.07, 6.45) is 0. The average molecular weight is 278 g/mol. The van der Waals surface area contributed by atoms with Gasteiger partial charge in [0.2, 0.25) is 0 Å². The molecule has 0 aromatic heterocycles. The first-order valence-corrected chi connectivity index (χ1v) is 6.72. The van der Waals surface area contributed by atoms with Crippen molar-refractivity contribution in [2.24, 2.45) is 0 Å². The highest BCUT2D eigenvalue weighted by atomic mass is 32.2. The fourth-order valence-electron chi connectivity index (χ4n) is 1.66. The number of aryl methyl sites for hydroxylation is 1. The molecule has 0 fully saturated rings. The van der Waals surface area contributed by atoms with Crippen LogP contribution in [0.3, 0.4) is 0 Å². The van der Waals surface area contributed by atoms with E-state index in [4.69, 9.17) is 0 Å². The molecule has 0 amide bonds. The third-order valence-corrected chi connectivity index (χ3v) is 3.81. The van der Waals surface area contributed by atoms with Gasteiger partial charge in [0.1, 0.15) is 11.6 Å². The zero-order chi connectivity index (χ0) is 13.8. The maximum Gasteiger partial charge on any atom is 0.173 e. The van der Waals surface area contributed by atoms with Crippen molar-refractivity contribution >= 4 is 17.5 Å². The van der Waals surface area contributed by atoms with Gasteiger partial charge in [-0.05, 0) is 30.7 Å². The molecule has 2 rings (SSSR count). The van der Waals surface area contributed by atoms with Crippen LogP contribution in [0, 0.1) is 18.6 Å². The van der Waals surface area contributed by atoms with Gasteiger partial charge < -0.3 is 0 Å². The molecule has 4 heteroatoms. The van der Waals surface area contributed by atoms with Gasteiger partial charge >= 0.3 is 0 Å². The Morgan fingerprint density at radius 3 is 2.37 bits per heavy atom. The van der Waals surface area contributed by atoms with Crippen LogP contribution in [-0.4, -0.2) is 11.5 Å². The molecule has 19 heavy (non-hydrogen) atoms. The lowest BCUT2D eigenvalue weighted by Crippen LogP contribution is -2.03. The highest BCUT2D eigenvalue weighted by Crippen LogP contribution is 2.23. The Morgan fingerprint density at radius 2 is 1.74 bits per heavy atom. The third-order valence-electron chi connectivity index (χ3n) is 2.64. The maximum absolute atomic E-state index is 13.0. The van der Waals surface area contributed by atoms with Gasteiger partial charge in [-0.15, -0.1) is 11.8 Å². The summed E-state index contributed by atoms with van der Waals surface area (Å²) >= 11 is 1.37. The third kappa shape index (κ3) is 3.64. The molecule has 0 aliphatic rings. The van der Waals surface area contributed by atoms with E-state index >= 15 is 0 Å². The lowest BCUT2D eigenvalue weighted by Gasteiger charge is -2.05. The molecule has 0 spiro atoms. The predicted octanol–water partition coefficient (Wildman–Crippen LogP) is 4.25. The monoisotopic (exact) mass is 278 g/mol. The summed E-state index contributed by atoms with van der Waals surface area (Å²) in [7, 11) is 0. The zero-order valence-electron chi connectivity index (χ0n) is 10.3. The molecule has 2 aromatic rings. The number of benzene rings is 2. The van der Waals surface area contributed by atoms with Gasteiger partial charge in [0.15, 0.2) is 5.78 Å². The molecule has 0 heterocycles. The van der Waals surface area contributed by atoms with Crippen molar-refractivity contribution < 1.29 is 13.6 Å². The maximum atomic E-state index is 13.0. The van der Waals surface area contributed by atoms with Crippen LogP contribution in [0.2, 0.25) is 0 Å². The number of rotatable bonds is 4. The average Bonchev–Trinajstić information content (AvgIpc) is 2.36. The Morgan fingerprint density at radius 1 is 1.11 bits per heavy atom. The molecule has 0 radical (unpaired) electrons. The molecular formula is C15H12F2OS. The lowest BCUT2D eigenvalue weighted by molar-refractivity contribution is 0.102. The number of Topliss-reactive ketones (excluding diaryl/α,β-unsaturated/α-hetero) is 1. The van der Waals surface area contributed by atoms with Crippen molar-refractivity contribution in [3.8, 4) is 0 Å². The normalized spacial score (nSPS) is 10.5. The van der Waals surface area contributed by atoms with E-state index in [1.54, 1.807) is 0 Å². The molecule has 98 valence electrons. The Kier molecular flexibility index (Phi) is 4.32. The number of carbonyl (C=O) groups is 1. The topological polar surface area (TPSA) is 17.1 Å². The van der Waals surface area contributed by atoms with E-state index in [0.29, 0.717) is 0 Å². The first-order valence-electron chi connectivity index (χ1n) is 5.74. The van der Waals surface area contributed by atoms with Gasteiger partial charge in [-0.3, -0.25) is 4.79 Å². The molecule has 2 aromatic carbocycles. The quantitative estimate of drug-likeness (QED) is 0.614. The summed E-state index contributed by atoms with van der Waals surface area (Å²) in [5.41, 5.74) is 1.14. The van der Waals surface area contributed by atoms with Crippen molar-refractivity contribution in [2.45, 2.75) is 11.8 Å². The summed E-state index contributed by atoms with van der Waals surface area (Å²) < 4.78 is 26.0. The summed E-state index contributed by atoms with van der Waals surface area (Å²) in [5.74, 6) is -1.59. The number of ketones is 1. The van der Waals surface area contributed by atoms with Crippen molar-refractivity contribution in [1.29, 1.82) is 0 Å². The second-order valence-electron chi connectivity index (χ2n) is 4.14. The van der Waals surface area contributed by atoms with Crippen molar-refractivity contribution in [1.82, 2.24) is 0 Å². The molecular weight excluding hydrogens is 266 g/mol. The van der Waals surface area contributed by atoms with Crippen LogP contribution in [0.4, 0.5) is 8.78 Å². The Balaban J connectivity index is 2.08. The van der Waals surface area contributed by atoms with Crippen LogP contribution in [-0.2, 0) is 0 Å². The van der Waals surface area contributed by atoms with E-state index in [1.165, 1.54) is 11.8 Å². The van der Waals surface area contributed by atoms with Crippen LogP contribution < -0.4 is 0 Å². The lowest BCUT2D eigenvalue weighted by atomic mass is 10.1. The van der Waals surface area contributed by atoms with Gasteiger partial charge in [-0.25, -0.2) is 8.78 Å². The Bertz CT molecular complexity index is 591. The highest BCUT2D eigenvalue weighted by Gasteiger charge is 2.10. The molecule has 0 atom stereocenters. The van der Waals surface area contributed by atoms with Gasteiger partial charge in [-0.1, -0.05) is 18.2 Å². The van der Waals surface area contributed by atoms with Crippen molar-refractivity contribution in [2.75, 3.05) is 5.75 Å². The van der Waals surface area contributed by atoms with Crippen LogP contribution in [0.5, 0.6) is 0 Å². The van der Waals surface area contributed by atoms with E-state index in [1.807, 2.05) is 31.2 Å². The van der Waals surface area contributed by atoms with Gasteiger partial charge in [0.25, 0.3) is 0 Å². The van der Waals surface area contributed by atoms with Crippen LogP contribution in [0.1, 0.15) is 15.9 Å². The van der Waals surface area contributed by atoms with Gasteiger partial charge in [0, 0.05) is 16.5 Å². The molecule has 1 nitrogen and oxygen atoms in total. The number of thioether (sulfide) groups is 1. The Hall–Kier alpha value is -1.68. The zero-order valence-corrected chi connectivity index (χ0v) is 11.1. The molecule has 0 bridgehead atoms. The van der Waals surface area contributed by atoms with E-state index in [0.717, 1.165) is 28.7 Å². The summed E-state index contributed by atoms with van der Waals surface area (Å²) in [6, 6.07) is 10.6. The van der Waals surface area contributed by atoms with Crippen LogP contribution >= 0.6 is 11.8 Å².